The topological polar surface area (TPSA) is 38.3 Å². The summed E-state index contributed by atoms with van der Waals surface area (Å²) in [4.78, 5) is 12.4. The minimum Gasteiger partial charge on any atom is -0.495 e. The molecule has 0 saturated heterocycles. The molecule has 1 N–H and O–H groups in total. The number of anilines is 1. The highest BCUT2D eigenvalue weighted by atomic mass is 35.5. The molecule has 0 saturated carbocycles. The summed E-state index contributed by atoms with van der Waals surface area (Å²) in [6, 6.07) is 17.7. The van der Waals surface area contributed by atoms with Crippen LogP contribution in [0.25, 0.3) is 17.2 Å². The van der Waals surface area contributed by atoms with E-state index in [0.29, 0.717) is 21.4 Å². The van der Waals surface area contributed by atoms with Gasteiger partial charge in [-0.25, -0.2) is 0 Å². The third-order valence-corrected chi connectivity index (χ3v) is 5.22. The molecule has 1 aliphatic rings. The molecule has 0 aromatic heterocycles. The summed E-state index contributed by atoms with van der Waals surface area (Å²) in [5, 5.41) is 3.78. The first-order valence-corrected chi connectivity index (χ1v) is 9.54. The lowest BCUT2D eigenvalue weighted by Crippen LogP contribution is -2.08. The summed E-state index contributed by atoms with van der Waals surface area (Å²) < 4.78 is 5.29. The Labute approximate surface area is 173 Å². The second kappa shape index (κ2) is 7.70. The molecule has 0 spiro atoms. The Morgan fingerprint density at radius 2 is 1.82 bits per heavy atom. The monoisotopic (exact) mass is 409 g/mol. The van der Waals surface area contributed by atoms with Gasteiger partial charge in [0.25, 0.3) is 0 Å². The van der Waals surface area contributed by atoms with Gasteiger partial charge in [-0.2, -0.15) is 0 Å². The van der Waals surface area contributed by atoms with E-state index in [4.69, 9.17) is 27.9 Å². The van der Waals surface area contributed by atoms with E-state index in [9.17, 15) is 4.79 Å². The van der Waals surface area contributed by atoms with Crippen LogP contribution in [0.3, 0.4) is 0 Å². The fourth-order valence-corrected chi connectivity index (χ4v) is 4.08. The van der Waals surface area contributed by atoms with E-state index in [0.717, 1.165) is 12.1 Å². The van der Waals surface area contributed by atoms with Crippen molar-refractivity contribution in [2.45, 2.75) is 6.42 Å². The zero-order valence-corrected chi connectivity index (χ0v) is 16.6. The molecule has 5 heteroatoms. The van der Waals surface area contributed by atoms with Gasteiger partial charge < -0.3 is 10.1 Å². The zero-order valence-electron chi connectivity index (χ0n) is 15.1. The van der Waals surface area contributed by atoms with Crippen molar-refractivity contribution in [1.29, 1.82) is 0 Å². The number of ether oxygens (including phenoxy) is 1. The van der Waals surface area contributed by atoms with Gasteiger partial charge in [-0.15, -0.1) is 0 Å². The largest absolute Gasteiger partial charge is 0.495 e. The van der Waals surface area contributed by atoms with Crippen LogP contribution in [0.5, 0.6) is 5.75 Å². The molecule has 4 rings (SSSR count). The van der Waals surface area contributed by atoms with Gasteiger partial charge in [-0.1, -0.05) is 53.5 Å². The molecule has 3 nitrogen and oxygen atoms in total. The molecule has 28 heavy (non-hydrogen) atoms. The Morgan fingerprint density at radius 1 is 1.04 bits per heavy atom. The summed E-state index contributed by atoms with van der Waals surface area (Å²) in [6.45, 7) is 0. The molecular formula is C23H17Cl2NO2. The van der Waals surface area contributed by atoms with Crippen LogP contribution in [0, 0.1) is 0 Å². The van der Waals surface area contributed by atoms with Gasteiger partial charge in [0.1, 0.15) is 5.75 Å². The normalized spacial score (nSPS) is 12.0. The molecule has 0 unspecified atom stereocenters. The van der Waals surface area contributed by atoms with Crippen molar-refractivity contribution in [1.82, 2.24) is 0 Å². The van der Waals surface area contributed by atoms with Crippen molar-refractivity contribution >= 4 is 40.9 Å². The number of fused-ring (bicyclic) bond motifs is 3. The number of halogens is 2. The standard InChI is InChI=1S/C23H17Cl2NO2/c1-28-23-15(11-17(24)13-21(23)25)6-9-22(27)26-18-7-8-20-16(12-18)10-14-4-2-3-5-19(14)20/h2-9,11-13H,10H2,1H3,(H,26,27)/b9-6+. The highest BCUT2D eigenvalue weighted by molar-refractivity contribution is 6.36. The summed E-state index contributed by atoms with van der Waals surface area (Å²) >= 11 is 12.2. The van der Waals surface area contributed by atoms with Gasteiger partial charge in [0.15, 0.2) is 0 Å². The van der Waals surface area contributed by atoms with E-state index < -0.39 is 0 Å². The fraction of sp³-hybridized carbons (Fsp3) is 0.0870. The predicted molar refractivity (Wildman–Crippen MR) is 115 cm³/mol. The van der Waals surface area contributed by atoms with Crippen molar-refractivity contribution in [2.75, 3.05) is 12.4 Å². The maximum absolute atomic E-state index is 12.4. The summed E-state index contributed by atoms with van der Waals surface area (Å²) in [5.41, 5.74) is 6.41. The van der Waals surface area contributed by atoms with E-state index in [2.05, 4.69) is 29.6 Å². The third kappa shape index (κ3) is 3.64. The molecule has 1 aliphatic carbocycles. The van der Waals surface area contributed by atoms with Crippen LogP contribution >= 0.6 is 23.2 Å². The lowest BCUT2D eigenvalue weighted by molar-refractivity contribution is -0.111. The summed E-state index contributed by atoms with van der Waals surface area (Å²) in [7, 11) is 1.52. The van der Waals surface area contributed by atoms with Gasteiger partial charge in [-0.05, 0) is 59.0 Å². The lowest BCUT2D eigenvalue weighted by Gasteiger charge is -2.08. The van der Waals surface area contributed by atoms with Crippen LogP contribution in [-0.4, -0.2) is 13.0 Å². The number of benzene rings is 3. The van der Waals surface area contributed by atoms with Crippen molar-refractivity contribution < 1.29 is 9.53 Å². The maximum Gasteiger partial charge on any atom is 0.248 e. The number of hydrogen-bond acceptors (Lipinski definition) is 2. The number of methoxy groups -OCH3 is 1. The number of carbonyl (C=O) groups is 1. The average Bonchev–Trinajstić information content (AvgIpc) is 3.03. The maximum atomic E-state index is 12.4. The molecule has 140 valence electrons. The van der Waals surface area contributed by atoms with E-state index in [1.807, 2.05) is 18.2 Å². The first-order chi connectivity index (χ1) is 13.5. The van der Waals surface area contributed by atoms with Crippen LogP contribution in [0.1, 0.15) is 16.7 Å². The summed E-state index contributed by atoms with van der Waals surface area (Å²) in [5.74, 6) is 0.235. The van der Waals surface area contributed by atoms with Gasteiger partial charge in [0, 0.05) is 22.3 Å². The van der Waals surface area contributed by atoms with Gasteiger partial charge in [0.2, 0.25) is 5.91 Å². The smallest absolute Gasteiger partial charge is 0.248 e. The highest BCUT2D eigenvalue weighted by Gasteiger charge is 2.18. The SMILES string of the molecule is COc1c(Cl)cc(Cl)cc1/C=C/C(=O)Nc1ccc2c(c1)Cc1ccccc1-2. The average molecular weight is 410 g/mol. The van der Waals surface area contributed by atoms with Crippen LogP contribution in [0.2, 0.25) is 10.0 Å². The first-order valence-electron chi connectivity index (χ1n) is 8.78. The van der Waals surface area contributed by atoms with Gasteiger partial charge in [0.05, 0.1) is 12.1 Å². The molecule has 0 atom stereocenters. The Bertz CT molecular complexity index is 1110. The third-order valence-electron chi connectivity index (χ3n) is 4.72. The summed E-state index contributed by atoms with van der Waals surface area (Å²) in [6.07, 6.45) is 3.95. The van der Waals surface area contributed by atoms with E-state index >= 15 is 0 Å². The van der Waals surface area contributed by atoms with Crippen LogP contribution in [0.15, 0.2) is 60.7 Å². The zero-order chi connectivity index (χ0) is 19.7. The molecule has 0 bridgehead atoms. The molecule has 0 heterocycles. The van der Waals surface area contributed by atoms with Gasteiger partial charge in [-0.3, -0.25) is 4.79 Å². The van der Waals surface area contributed by atoms with Crippen molar-refractivity contribution in [3.05, 3.63) is 87.4 Å². The highest BCUT2D eigenvalue weighted by Crippen LogP contribution is 2.37. The second-order valence-electron chi connectivity index (χ2n) is 6.54. The Kier molecular flexibility index (Phi) is 5.12. The van der Waals surface area contributed by atoms with Crippen molar-refractivity contribution in [3.8, 4) is 16.9 Å². The predicted octanol–water partition coefficient (Wildman–Crippen LogP) is 6.23. The van der Waals surface area contributed by atoms with Crippen LogP contribution in [0.4, 0.5) is 5.69 Å². The van der Waals surface area contributed by atoms with Crippen LogP contribution < -0.4 is 10.1 Å². The van der Waals surface area contributed by atoms with Crippen molar-refractivity contribution in [3.63, 3.8) is 0 Å². The number of amides is 1. The number of carbonyl (C=O) groups excluding carboxylic acids is 1. The molecule has 1 amide bonds. The van der Waals surface area contributed by atoms with Crippen LogP contribution in [-0.2, 0) is 11.2 Å². The van der Waals surface area contributed by atoms with Gasteiger partial charge >= 0.3 is 0 Å². The Balaban J connectivity index is 1.51. The number of rotatable bonds is 4. The molecule has 0 aliphatic heterocycles. The lowest BCUT2D eigenvalue weighted by atomic mass is 10.1. The molecule has 0 radical (unpaired) electrons. The molecule has 3 aromatic rings. The Morgan fingerprint density at radius 3 is 2.64 bits per heavy atom. The fourth-order valence-electron chi connectivity index (χ4n) is 3.49. The minimum atomic E-state index is -0.242. The minimum absolute atomic E-state index is 0.242. The van der Waals surface area contributed by atoms with E-state index in [1.54, 1.807) is 18.2 Å². The molecule has 0 fully saturated rings. The van der Waals surface area contributed by atoms with E-state index in [1.165, 1.54) is 35.4 Å². The molecular weight excluding hydrogens is 393 g/mol. The first kappa shape index (κ1) is 18.6. The number of nitrogens with one attached hydrogen (secondary N) is 1. The van der Waals surface area contributed by atoms with Crippen molar-refractivity contribution in [2.24, 2.45) is 0 Å². The Hall–Kier alpha value is -2.75. The second-order valence-corrected chi connectivity index (χ2v) is 7.38. The van der Waals surface area contributed by atoms with E-state index in [-0.39, 0.29) is 5.91 Å². The number of hydrogen-bond donors (Lipinski definition) is 1. The quantitative estimate of drug-likeness (QED) is 0.406. The molecule has 3 aromatic carbocycles.